The molecule has 0 aromatic carbocycles. The highest BCUT2D eigenvalue weighted by atomic mass is 16.4. The zero-order valence-electron chi connectivity index (χ0n) is 11.4. The third-order valence-corrected chi connectivity index (χ3v) is 6.12. The Bertz CT molecular complexity index is 335. The van der Waals surface area contributed by atoms with Crippen LogP contribution in [0.5, 0.6) is 0 Å². The van der Waals surface area contributed by atoms with E-state index in [-0.39, 0.29) is 5.41 Å². The van der Waals surface area contributed by atoms with Crippen LogP contribution in [0.3, 0.4) is 0 Å². The molecule has 4 aliphatic carbocycles. The van der Waals surface area contributed by atoms with E-state index in [1.54, 1.807) is 0 Å². The van der Waals surface area contributed by atoms with E-state index in [9.17, 15) is 9.90 Å². The Labute approximate surface area is 111 Å². The predicted octanol–water partition coefficient (Wildman–Crippen LogP) is 3.46. The molecule has 4 saturated carbocycles. The van der Waals surface area contributed by atoms with Gasteiger partial charge in [0.25, 0.3) is 0 Å². The van der Waals surface area contributed by atoms with E-state index in [0.717, 1.165) is 25.6 Å². The molecule has 4 rings (SSSR count). The fourth-order valence-electron chi connectivity index (χ4n) is 5.49. The van der Waals surface area contributed by atoms with Crippen molar-refractivity contribution in [2.75, 3.05) is 0 Å². The molecule has 3 unspecified atom stereocenters. The van der Waals surface area contributed by atoms with Gasteiger partial charge in [0.05, 0.1) is 5.41 Å². The van der Waals surface area contributed by atoms with Crippen molar-refractivity contribution < 1.29 is 9.90 Å². The molecule has 0 amide bonds. The van der Waals surface area contributed by atoms with Crippen LogP contribution >= 0.6 is 0 Å². The Hall–Kier alpha value is -0.465. The molecule has 0 spiro atoms. The molecule has 0 aliphatic heterocycles. The first-order valence-corrected chi connectivity index (χ1v) is 7.68. The van der Waals surface area contributed by atoms with Gasteiger partial charge < -0.3 is 5.11 Å². The lowest BCUT2D eigenvalue weighted by Gasteiger charge is -2.36. The third kappa shape index (κ3) is 1.73. The average Bonchev–Trinajstić information content (AvgIpc) is 2.56. The first kappa shape index (κ1) is 12.6. The molecule has 0 heterocycles. The number of hydrogen-bond acceptors (Lipinski definition) is 1. The van der Waals surface area contributed by atoms with Gasteiger partial charge in [-0.3, -0.25) is 4.79 Å². The van der Waals surface area contributed by atoms with Crippen molar-refractivity contribution in [3.63, 3.8) is 0 Å². The van der Waals surface area contributed by atoms with Gasteiger partial charge in [-0.2, -0.15) is 0 Å². The van der Waals surface area contributed by atoms with Crippen molar-refractivity contribution in [2.24, 2.45) is 29.1 Å². The molecule has 99 valence electrons. The molecule has 3 heteroatoms. The average molecular weight is 247 g/mol. The number of carboxylic acids is 1. The molecule has 2 bridgehead atoms. The standard InChI is InChI=1S/C15H24BO2/c1-16-9-12-6-7-15(14(17)18)8-10-2-4-11(5-3-10)13(12)15/h10-13H,2-9H2,1H3,(H,17,18). The van der Waals surface area contributed by atoms with E-state index in [1.165, 1.54) is 25.7 Å². The van der Waals surface area contributed by atoms with Crippen molar-refractivity contribution in [1.82, 2.24) is 0 Å². The smallest absolute Gasteiger partial charge is 0.309 e. The summed E-state index contributed by atoms with van der Waals surface area (Å²) in [6.45, 7) is 2.12. The topological polar surface area (TPSA) is 37.3 Å². The number of carboxylic acid groups (broad SMARTS) is 1. The SMILES string of the molecule is C[B]CC1CCC2(C(=O)O)CC3CCC(CC3)C12. The van der Waals surface area contributed by atoms with E-state index in [0.29, 0.717) is 23.7 Å². The summed E-state index contributed by atoms with van der Waals surface area (Å²) in [5, 5.41) is 9.86. The summed E-state index contributed by atoms with van der Waals surface area (Å²) in [5.74, 6) is 2.04. The Morgan fingerprint density at radius 1 is 1.28 bits per heavy atom. The maximum absolute atomic E-state index is 12.0. The molecule has 1 N–H and O–H groups in total. The Morgan fingerprint density at radius 2 is 2.00 bits per heavy atom. The highest BCUT2D eigenvalue weighted by Gasteiger charge is 2.58. The number of carbonyl (C=O) groups is 1. The van der Waals surface area contributed by atoms with E-state index in [4.69, 9.17) is 0 Å². The molecular formula is C15H24BO2. The van der Waals surface area contributed by atoms with Gasteiger partial charge in [-0.05, 0) is 55.8 Å². The largest absolute Gasteiger partial charge is 0.481 e. The molecule has 4 aliphatic rings. The van der Waals surface area contributed by atoms with Crippen LogP contribution in [-0.4, -0.2) is 18.4 Å². The molecule has 0 aromatic rings. The lowest BCUT2D eigenvalue weighted by atomic mass is 9.62. The van der Waals surface area contributed by atoms with Crippen LogP contribution in [0.15, 0.2) is 0 Å². The first-order valence-electron chi connectivity index (χ1n) is 7.68. The van der Waals surface area contributed by atoms with Crippen molar-refractivity contribution in [2.45, 2.75) is 58.1 Å². The van der Waals surface area contributed by atoms with Gasteiger partial charge in [0.15, 0.2) is 0 Å². The van der Waals surface area contributed by atoms with Gasteiger partial charge in [-0.25, -0.2) is 0 Å². The maximum atomic E-state index is 12.0. The molecule has 0 saturated heterocycles. The fraction of sp³-hybridized carbons (Fsp3) is 0.933. The Kier molecular flexibility index (Phi) is 3.19. The van der Waals surface area contributed by atoms with Crippen LogP contribution in [0.2, 0.25) is 13.1 Å². The van der Waals surface area contributed by atoms with Gasteiger partial charge >= 0.3 is 5.97 Å². The lowest BCUT2D eigenvalue weighted by Crippen LogP contribution is -2.39. The second kappa shape index (κ2) is 4.57. The summed E-state index contributed by atoms with van der Waals surface area (Å²) in [7, 11) is 2.25. The summed E-state index contributed by atoms with van der Waals surface area (Å²) < 4.78 is 0. The van der Waals surface area contributed by atoms with Crippen LogP contribution in [0, 0.1) is 29.1 Å². The fourth-order valence-corrected chi connectivity index (χ4v) is 5.49. The molecule has 4 fully saturated rings. The Balaban J connectivity index is 1.96. The Morgan fingerprint density at radius 3 is 2.61 bits per heavy atom. The number of aliphatic carboxylic acids is 1. The predicted molar refractivity (Wildman–Crippen MR) is 72.8 cm³/mol. The van der Waals surface area contributed by atoms with Crippen molar-refractivity contribution in [3.05, 3.63) is 0 Å². The number of rotatable bonds is 3. The lowest BCUT2D eigenvalue weighted by molar-refractivity contribution is -0.153. The van der Waals surface area contributed by atoms with Crippen molar-refractivity contribution in [1.29, 1.82) is 0 Å². The third-order valence-electron chi connectivity index (χ3n) is 6.12. The van der Waals surface area contributed by atoms with E-state index in [1.807, 2.05) is 0 Å². The molecule has 18 heavy (non-hydrogen) atoms. The minimum absolute atomic E-state index is 0.351. The summed E-state index contributed by atoms with van der Waals surface area (Å²) >= 11 is 0. The second-order valence-electron chi connectivity index (χ2n) is 6.91. The molecular weight excluding hydrogens is 223 g/mol. The zero-order chi connectivity index (χ0) is 12.8. The maximum Gasteiger partial charge on any atom is 0.309 e. The highest BCUT2D eigenvalue weighted by Crippen LogP contribution is 2.61. The van der Waals surface area contributed by atoms with Crippen LogP contribution in [0.4, 0.5) is 0 Å². The summed E-state index contributed by atoms with van der Waals surface area (Å²) in [4.78, 5) is 12.0. The van der Waals surface area contributed by atoms with Gasteiger partial charge in [0, 0.05) is 0 Å². The quantitative estimate of drug-likeness (QED) is 0.775. The van der Waals surface area contributed by atoms with Crippen LogP contribution in [0.1, 0.15) is 44.9 Å². The summed E-state index contributed by atoms with van der Waals surface area (Å²) in [6.07, 6.45) is 9.36. The highest BCUT2D eigenvalue weighted by molar-refractivity contribution is 6.33. The molecule has 0 aromatic heterocycles. The van der Waals surface area contributed by atoms with Crippen molar-refractivity contribution in [3.8, 4) is 0 Å². The van der Waals surface area contributed by atoms with Crippen molar-refractivity contribution >= 4 is 13.2 Å². The van der Waals surface area contributed by atoms with Crippen LogP contribution in [-0.2, 0) is 4.79 Å². The van der Waals surface area contributed by atoms with E-state index in [2.05, 4.69) is 14.1 Å². The molecule has 2 nitrogen and oxygen atoms in total. The van der Waals surface area contributed by atoms with Gasteiger partial charge in [0.1, 0.15) is 7.28 Å². The first-order chi connectivity index (χ1) is 8.67. The normalized spacial score (nSPS) is 46.5. The van der Waals surface area contributed by atoms with Crippen LogP contribution < -0.4 is 0 Å². The van der Waals surface area contributed by atoms with E-state index < -0.39 is 5.97 Å². The molecule has 1 radical (unpaired) electrons. The minimum atomic E-state index is -0.482. The zero-order valence-corrected chi connectivity index (χ0v) is 11.4. The number of fused-ring (bicyclic) bond motifs is 2. The summed E-state index contributed by atoms with van der Waals surface area (Å²) in [6, 6.07) is 0. The minimum Gasteiger partial charge on any atom is -0.481 e. The number of hydrogen-bond donors (Lipinski definition) is 1. The van der Waals surface area contributed by atoms with E-state index >= 15 is 0 Å². The summed E-state index contributed by atoms with van der Waals surface area (Å²) in [5.41, 5.74) is -0.351. The van der Waals surface area contributed by atoms with Gasteiger partial charge in [-0.1, -0.05) is 26.0 Å². The monoisotopic (exact) mass is 247 g/mol. The van der Waals surface area contributed by atoms with Gasteiger partial charge in [0.2, 0.25) is 0 Å². The van der Waals surface area contributed by atoms with Gasteiger partial charge in [-0.15, -0.1) is 0 Å². The molecule has 3 atom stereocenters. The van der Waals surface area contributed by atoms with Crippen LogP contribution in [0.25, 0.3) is 0 Å². The second-order valence-corrected chi connectivity index (χ2v) is 6.91.